The van der Waals surface area contributed by atoms with Gasteiger partial charge in [-0.1, -0.05) is 81.4 Å². The van der Waals surface area contributed by atoms with Gasteiger partial charge in [-0.3, -0.25) is 0 Å². The molecule has 2 aromatic rings. The number of hydrogen-bond donors (Lipinski definition) is 2. The summed E-state index contributed by atoms with van der Waals surface area (Å²) in [5, 5.41) is 0. The van der Waals surface area contributed by atoms with E-state index in [1.54, 1.807) is 0 Å². The molecule has 1 saturated carbocycles. The van der Waals surface area contributed by atoms with Gasteiger partial charge >= 0.3 is 0 Å². The van der Waals surface area contributed by atoms with Crippen molar-refractivity contribution < 1.29 is 0 Å². The van der Waals surface area contributed by atoms with E-state index in [1.165, 1.54) is 11.1 Å². The molecule has 0 aromatic heterocycles. The van der Waals surface area contributed by atoms with E-state index < -0.39 is 11.1 Å². The van der Waals surface area contributed by atoms with Crippen molar-refractivity contribution in [2.45, 2.75) is 57.0 Å². The molecule has 1 aliphatic rings. The average Bonchev–Trinajstić information content (AvgIpc) is 2.53. The molecular formula is C22H30N2. The minimum Gasteiger partial charge on any atom is -0.324 e. The molecule has 0 spiro atoms. The molecule has 0 amide bonds. The Balaban J connectivity index is 2.29. The number of hydrogen-bond acceptors (Lipinski definition) is 2. The van der Waals surface area contributed by atoms with Crippen molar-refractivity contribution in [1.82, 2.24) is 0 Å². The van der Waals surface area contributed by atoms with Crippen molar-refractivity contribution in [3.8, 4) is 0 Å². The molecule has 0 bridgehead atoms. The minimum absolute atomic E-state index is 0.0857. The van der Waals surface area contributed by atoms with Crippen LogP contribution >= 0.6 is 0 Å². The summed E-state index contributed by atoms with van der Waals surface area (Å²) in [6, 6.07) is 21.1. The molecule has 2 nitrogen and oxygen atoms in total. The summed E-state index contributed by atoms with van der Waals surface area (Å²) in [5.41, 5.74) is 15.4. The van der Waals surface area contributed by atoms with Crippen LogP contribution in [0.15, 0.2) is 60.7 Å². The summed E-state index contributed by atoms with van der Waals surface area (Å²) in [6.45, 7) is 9.00. The van der Waals surface area contributed by atoms with Gasteiger partial charge in [0.15, 0.2) is 0 Å². The average molecular weight is 322 g/mol. The van der Waals surface area contributed by atoms with Crippen molar-refractivity contribution in [1.29, 1.82) is 0 Å². The van der Waals surface area contributed by atoms with Crippen LogP contribution < -0.4 is 11.5 Å². The lowest BCUT2D eigenvalue weighted by Gasteiger charge is -2.63. The first kappa shape index (κ1) is 17.2. The van der Waals surface area contributed by atoms with Crippen LogP contribution in [0.2, 0.25) is 0 Å². The highest BCUT2D eigenvalue weighted by Gasteiger charge is 2.62. The van der Waals surface area contributed by atoms with Crippen LogP contribution in [0, 0.1) is 5.41 Å². The van der Waals surface area contributed by atoms with Gasteiger partial charge in [0.1, 0.15) is 0 Å². The number of nitrogens with two attached hydrogens (primary N) is 2. The number of benzene rings is 2. The predicted molar refractivity (Wildman–Crippen MR) is 102 cm³/mol. The van der Waals surface area contributed by atoms with Crippen molar-refractivity contribution in [3.63, 3.8) is 0 Å². The van der Waals surface area contributed by atoms with Crippen molar-refractivity contribution >= 4 is 0 Å². The Hall–Kier alpha value is -1.64. The molecular weight excluding hydrogens is 292 g/mol. The van der Waals surface area contributed by atoms with Crippen LogP contribution in [0.4, 0.5) is 0 Å². The molecule has 0 aliphatic heterocycles. The summed E-state index contributed by atoms with van der Waals surface area (Å²) in [4.78, 5) is 0. The molecule has 3 unspecified atom stereocenters. The van der Waals surface area contributed by atoms with Gasteiger partial charge in [-0.25, -0.2) is 0 Å². The summed E-state index contributed by atoms with van der Waals surface area (Å²) < 4.78 is 0. The van der Waals surface area contributed by atoms with Gasteiger partial charge in [0.2, 0.25) is 0 Å². The fraction of sp³-hybridized carbons (Fsp3) is 0.455. The Labute approximate surface area is 146 Å². The van der Waals surface area contributed by atoms with E-state index in [-0.39, 0.29) is 10.8 Å². The van der Waals surface area contributed by atoms with Gasteiger partial charge in [-0.2, -0.15) is 0 Å². The highest BCUT2D eigenvalue weighted by atomic mass is 14.9. The van der Waals surface area contributed by atoms with E-state index in [1.807, 2.05) is 12.1 Å². The SMILES string of the molecule is CC1(C)CC(C)(N)C(C)(c2ccccc2)C(N)(c2ccccc2)C1. The maximum atomic E-state index is 7.26. The second-order valence-electron chi connectivity index (χ2n) is 8.76. The molecule has 3 rings (SSSR count). The molecule has 1 aliphatic carbocycles. The maximum Gasteiger partial charge on any atom is 0.0527 e. The Kier molecular flexibility index (Phi) is 3.89. The molecule has 2 aromatic carbocycles. The summed E-state index contributed by atoms with van der Waals surface area (Å²) in [5.74, 6) is 0. The fourth-order valence-corrected chi connectivity index (χ4v) is 5.16. The van der Waals surface area contributed by atoms with Crippen molar-refractivity contribution in [2.75, 3.05) is 0 Å². The fourth-order valence-electron chi connectivity index (χ4n) is 5.16. The quantitative estimate of drug-likeness (QED) is 0.864. The zero-order chi connectivity index (χ0) is 17.6. The van der Waals surface area contributed by atoms with Crippen LogP contribution in [0.5, 0.6) is 0 Å². The first-order chi connectivity index (χ1) is 11.1. The zero-order valence-corrected chi connectivity index (χ0v) is 15.3. The van der Waals surface area contributed by atoms with Crippen LogP contribution in [0.25, 0.3) is 0 Å². The summed E-state index contributed by atoms with van der Waals surface area (Å²) in [7, 11) is 0. The van der Waals surface area contributed by atoms with Gasteiger partial charge in [-0.05, 0) is 36.3 Å². The van der Waals surface area contributed by atoms with Crippen molar-refractivity contribution in [2.24, 2.45) is 16.9 Å². The van der Waals surface area contributed by atoms with Gasteiger partial charge in [-0.15, -0.1) is 0 Å². The molecule has 0 heterocycles. The van der Waals surface area contributed by atoms with E-state index in [0.717, 1.165) is 12.8 Å². The van der Waals surface area contributed by atoms with Gasteiger partial charge in [0.25, 0.3) is 0 Å². The monoisotopic (exact) mass is 322 g/mol. The molecule has 0 radical (unpaired) electrons. The Morgan fingerprint density at radius 2 is 1.12 bits per heavy atom. The molecule has 4 N–H and O–H groups in total. The third-order valence-electron chi connectivity index (χ3n) is 6.28. The largest absolute Gasteiger partial charge is 0.324 e. The molecule has 24 heavy (non-hydrogen) atoms. The van der Waals surface area contributed by atoms with E-state index >= 15 is 0 Å². The first-order valence-corrected chi connectivity index (χ1v) is 8.81. The van der Waals surface area contributed by atoms with E-state index in [9.17, 15) is 0 Å². The topological polar surface area (TPSA) is 52.0 Å². The smallest absolute Gasteiger partial charge is 0.0527 e. The molecule has 1 fully saturated rings. The highest BCUT2D eigenvalue weighted by Crippen LogP contribution is 2.59. The van der Waals surface area contributed by atoms with Gasteiger partial charge in [0, 0.05) is 11.0 Å². The Morgan fingerprint density at radius 3 is 1.62 bits per heavy atom. The summed E-state index contributed by atoms with van der Waals surface area (Å²) in [6.07, 6.45) is 1.85. The van der Waals surface area contributed by atoms with Crippen molar-refractivity contribution in [3.05, 3.63) is 71.8 Å². The second-order valence-corrected chi connectivity index (χ2v) is 8.76. The lowest BCUT2D eigenvalue weighted by Crippen LogP contribution is -2.73. The van der Waals surface area contributed by atoms with Crippen LogP contribution in [0.1, 0.15) is 51.7 Å². The highest BCUT2D eigenvalue weighted by molar-refractivity contribution is 5.43. The molecule has 0 saturated heterocycles. The van der Waals surface area contributed by atoms with Crippen LogP contribution in [0.3, 0.4) is 0 Å². The molecule has 2 heteroatoms. The van der Waals surface area contributed by atoms with Gasteiger partial charge in [0.05, 0.1) is 5.54 Å². The number of rotatable bonds is 2. The predicted octanol–water partition coefficient (Wildman–Crippen LogP) is 4.34. The standard InChI is InChI=1S/C22H30N2/c1-19(2)15-20(3,23)21(4,17-11-7-5-8-12-17)22(24,16-19)18-13-9-6-10-14-18/h5-14H,15-16,23-24H2,1-4H3. The minimum atomic E-state index is -0.527. The van der Waals surface area contributed by atoms with Crippen LogP contribution in [-0.4, -0.2) is 5.54 Å². The normalized spacial score (nSPS) is 35.6. The summed E-state index contributed by atoms with van der Waals surface area (Å²) >= 11 is 0. The second kappa shape index (κ2) is 5.44. The molecule has 128 valence electrons. The third kappa shape index (κ3) is 2.40. The van der Waals surface area contributed by atoms with E-state index in [0.29, 0.717) is 0 Å². The lowest BCUT2D eigenvalue weighted by atomic mass is 9.45. The van der Waals surface area contributed by atoms with Crippen LogP contribution in [-0.2, 0) is 11.0 Å². The maximum absolute atomic E-state index is 7.26. The van der Waals surface area contributed by atoms with E-state index in [4.69, 9.17) is 11.5 Å². The zero-order valence-electron chi connectivity index (χ0n) is 15.3. The van der Waals surface area contributed by atoms with Gasteiger partial charge < -0.3 is 11.5 Å². The molecule has 3 atom stereocenters. The third-order valence-corrected chi connectivity index (χ3v) is 6.28. The van der Waals surface area contributed by atoms with E-state index in [2.05, 4.69) is 76.2 Å². The lowest BCUT2D eigenvalue weighted by molar-refractivity contribution is -0.00226. The Bertz CT molecular complexity index is 705. The Morgan fingerprint density at radius 1 is 0.667 bits per heavy atom. The first-order valence-electron chi connectivity index (χ1n) is 8.81.